The Hall–Kier alpha value is -3.26. The number of nitrogens with one attached hydrogen (secondary N) is 1. The van der Waals surface area contributed by atoms with E-state index < -0.39 is 0 Å². The van der Waals surface area contributed by atoms with Crippen LogP contribution in [0.1, 0.15) is 12.8 Å². The predicted octanol–water partition coefficient (Wildman–Crippen LogP) is 2.94. The summed E-state index contributed by atoms with van der Waals surface area (Å²) < 4.78 is 12.8. The number of hydrogen-bond donors (Lipinski definition) is 1. The van der Waals surface area contributed by atoms with E-state index in [1.54, 1.807) is 7.11 Å². The van der Waals surface area contributed by atoms with Crippen LogP contribution in [-0.2, 0) is 4.74 Å². The molecule has 0 aliphatic carbocycles. The van der Waals surface area contributed by atoms with Gasteiger partial charge in [0.15, 0.2) is 0 Å². The zero-order chi connectivity index (χ0) is 18.9. The molecule has 0 saturated carbocycles. The second kappa shape index (κ2) is 7.05. The van der Waals surface area contributed by atoms with Crippen molar-refractivity contribution >= 4 is 22.4 Å². The lowest BCUT2D eigenvalue weighted by Crippen LogP contribution is -2.20. The zero-order valence-corrected chi connectivity index (χ0v) is 15.5. The van der Waals surface area contributed by atoms with Gasteiger partial charge in [-0.3, -0.25) is 0 Å². The molecule has 8 nitrogen and oxygen atoms in total. The monoisotopic (exact) mass is 376 g/mol. The number of rotatable bonds is 5. The van der Waals surface area contributed by atoms with E-state index in [1.165, 1.54) is 6.33 Å². The fourth-order valence-corrected chi connectivity index (χ4v) is 3.60. The Bertz CT molecular complexity index is 1140. The molecule has 1 aliphatic rings. The summed E-state index contributed by atoms with van der Waals surface area (Å²) in [6.45, 7) is 1.57. The molecule has 0 amide bonds. The van der Waals surface area contributed by atoms with Crippen LogP contribution in [0.3, 0.4) is 0 Å². The van der Waals surface area contributed by atoms with Crippen molar-refractivity contribution in [2.45, 2.75) is 18.9 Å². The molecule has 4 aromatic rings. The average molecular weight is 376 g/mol. The number of anilines is 1. The van der Waals surface area contributed by atoms with Crippen LogP contribution in [0.4, 0.5) is 5.95 Å². The van der Waals surface area contributed by atoms with Crippen molar-refractivity contribution in [2.75, 3.05) is 25.6 Å². The summed E-state index contributed by atoms with van der Waals surface area (Å²) in [6.07, 6.45) is 7.73. The Morgan fingerprint density at radius 1 is 1.25 bits per heavy atom. The maximum Gasteiger partial charge on any atom is 0.241 e. The van der Waals surface area contributed by atoms with Crippen LogP contribution in [0.5, 0.6) is 5.88 Å². The van der Waals surface area contributed by atoms with E-state index in [1.807, 2.05) is 41.2 Å². The lowest BCUT2D eigenvalue weighted by Gasteiger charge is -2.10. The molecule has 1 aromatic carbocycles. The summed E-state index contributed by atoms with van der Waals surface area (Å²) in [5, 5.41) is 8.71. The van der Waals surface area contributed by atoms with Crippen LogP contribution in [0.15, 0.2) is 43.0 Å². The molecule has 0 spiro atoms. The van der Waals surface area contributed by atoms with E-state index in [0.717, 1.165) is 53.5 Å². The molecular weight excluding hydrogens is 356 g/mol. The molecule has 142 valence electrons. The standard InChI is InChI=1S/C20H20N6O2/c1-27-19-16-9-13(4-5-17(16)23-12-24-19)15-6-7-26-18(15)11-22-20(25-26)21-10-14-3-2-8-28-14/h4-7,9,11-12,14H,2-3,8,10H2,1H3,(H,21,25). The van der Waals surface area contributed by atoms with E-state index in [9.17, 15) is 0 Å². The summed E-state index contributed by atoms with van der Waals surface area (Å²) in [7, 11) is 1.61. The number of hydrogen-bond acceptors (Lipinski definition) is 7. The summed E-state index contributed by atoms with van der Waals surface area (Å²) in [6, 6.07) is 8.07. The van der Waals surface area contributed by atoms with Crippen LogP contribution in [0, 0.1) is 0 Å². The molecule has 28 heavy (non-hydrogen) atoms. The SMILES string of the molecule is COc1ncnc2ccc(-c3ccn4nc(NCC5CCCO5)ncc34)cc12. The smallest absolute Gasteiger partial charge is 0.241 e. The van der Waals surface area contributed by atoms with Gasteiger partial charge in [0.25, 0.3) is 0 Å². The van der Waals surface area contributed by atoms with Gasteiger partial charge < -0.3 is 14.8 Å². The minimum atomic E-state index is 0.245. The maximum atomic E-state index is 5.63. The first-order valence-corrected chi connectivity index (χ1v) is 9.31. The Kier molecular flexibility index (Phi) is 4.25. The first kappa shape index (κ1) is 16.9. The topological polar surface area (TPSA) is 86.5 Å². The van der Waals surface area contributed by atoms with Crippen molar-refractivity contribution < 1.29 is 9.47 Å². The van der Waals surface area contributed by atoms with Gasteiger partial charge in [-0.05, 0) is 36.6 Å². The number of methoxy groups -OCH3 is 1. The number of ether oxygens (including phenoxy) is 2. The van der Waals surface area contributed by atoms with Crippen molar-refractivity contribution in [1.82, 2.24) is 24.6 Å². The molecular formula is C20H20N6O2. The number of aromatic nitrogens is 5. The van der Waals surface area contributed by atoms with Crippen LogP contribution in [0.25, 0.3) is 27.5 Å². The van der Waals surface area contributed by atoms with E-state index in [2.05, 4.69) is 25.4 Å². The molecule has 1 saturated heterocycles. The second-order valence-electron chi connectivity index (χ2n) is 6.77. The third-order valence-corrected chi connectivity index (χ3v) is 5.03. The van der Waals surface area contributed by atoms with Gasteiger partial charge >= 0.3 is 0 Å². The Labute approximate surface area is 161 Å². The number of benzene rings is 1. The van der Waals surface area contributed by atoms with Crippen LogP contribution < -0.4 is 10.1 Å². The molecule has 1 atom stereocenters. The summed E-state index contributed by atoms with van der Waals surface area (Å²) in [4.78, 5) is 13.0. The molecule has 0 radical (unpaired) electrons. The van der Waals surface area contributed by atoms with Crippen molar-refractivity contribution in [3.8, 4) is 17.0 Å². The normalized spacial score (nSPS) is 16.7. The highest BCUT2D eigenvalue weighted by atomic mass is 16.5. The average Bonchev–Trinajstić information content (AvgIpc) is 3.41. The Balaban J connectivity index is 1.47. The van der Waals surface area contributed by atoms with Crippen molar-refractivity contribution in [2.24, 2.45) is 0 Å². The number of nitrogens with zero attached hydrogens (tertiary/aromatic N) is 5. The van der Waals surface area contributed by atoms with Crippen LogP contribution in [0.2, 0.25) is 0 Å². The van der Waals surface area contributed by atoms with Crippen molar-refractivity contribution in [1.29, 1.82) is 0 Å². The third kappa shape index (κ3) is 3.01. The molecule has 1 unspecified atom stereocenters. The lowest BCUT2D eigenvalue weighted by atomic mass is 10.1. The van der Waals surface area contributed by atoms with Gasteiger partial charge in [-0.25, -0.2) is 19.5 Å². The summed E-state index contributed by atoms with van der Waals surface area (Å²) in [5.74, 6) is 1.16. The fourth-order valence-electron chi connectivity index (χ4n) is 3.60. The zero-order valence-electron chi connectivity index (χ0n) is 15.5. The molecule has 8 heteroatoms. The van der Waals surface area contributed by atoms with E-state index in [0.29, 0.717) is 11.8 Å². The van der Waals surface area contributed by atoms with E-state index in [4.69, 9.17) is 9.47 Å². The quantitative estimate of drug-likeness (QED) is 0.573. The molecule has 1 fully saturated rings. The van der Waals surface area contributed by atoms with Crippen molar-refractivity contribution in [3.63, 3.8) is 0 Å². The summed E-state index contributed by atoms with van der Waals surface area (Å²) in [5.41, 5.74) is 3.85. The number of fused-ring (bicyclic) bond motifs is 2. The van der Waals surface area contributed by atoms with Crippen LogP contribution >= 0.6 is 0 Å². The van der Waals surface area contributed by atoms with Gasteiger partial charge in [-0.15, -0.1) is 5.10 Å². The minimum absolute atomic E-state index is 0.245. The highest BCUT2D eigenvalue weighted by Crippen LogP contribution is 2.30. The second-order valence-corrected chi connectivity index (χ2v) is 6.77. The van der Waals surface area contributed by atoms with Crippen LogP contribution in [-0.4, -0.2) is 50.9 Å². The van der Waals surface area contributed by atoms with Gasteiger partial charge in [0.1, 0.15) is 6.33 Å². The molecule has 0 bridgehead atoms. The molecule has 1 N–H and O–H groups in total. The Morgan fingerprint density at radius 3 is 3.07 bits per heavy atom. The lowest BCUT2D eigenvalue weighted by molar-refractivity contribution is 0.120. The highest BCUT2D eigenvalue weighted by Gasteiger charge is 2.16. The predicted molar refractivity (Wildman–Crippen MR) is 106 cm³/mol. The maximum absolute atomic E-state index is 5.63. The van der Waals surface area contributed by atoms with Gasteiger partial charge in [0.2, 0.25) is 11.8 Å². The van der Waals surface area contributed by atoms with Gasteiger partial charge in [-0.1, -0.05) is 6.07 Å². The van der Waals surface area contributed by atoms with Gasteiger partial charge in [-0.2, -0.15) is 0 Å². The van der Waals surface area contributed by atoms with Crippen molar-refractivity contribution in [3.05, 3.63) is 43.0 Å². The van der Waals surface area contributed by atoms with E-state index in [-0.39, 0.29) is 6.10 Å². The molecule has 3 aromatic heterocycles. The van der Waals surface area contributed by atoms with Gasteiger partial charge in [0, 0.05) is 24.9 Å². The first-order chi connectivity index (χ1) is 13.8. The van der Waals surface area contributed by atoms with E-state index >= 15 is 0 Å². The minimum Gasteiger partial charge on any atom is -0.480 e. The first-order valence-electron chi connectivity index (χ1n) is 9.31. The highest BCUT2D eigenvalue weighted by molar-refractivity contribution is 5.91. The molecule has 4 heterocycles. The third-order valence-electron chi connectivity index (χ3n) is 5.03. The largest absolute Gasteiger partial charge is 0.480 e. The Morgan fingerprint density at radius 2 is 2.21 bits per heavy atom. The summed E-state index contributed by atoms with van der Waals surface area (Å²) >= 11 is 0. The molecule has 5 rings (SSSR count). The van der Waals surface area contributed by atoms with Gasteiger partial charge in [0.05, 0.1) is 35.8 Å². The fraction of sp³-hybridized carbons (Fsp3) is 0.300. The molecule has 1 aliphatic heterocycles.